The fourth-order valence-corrected chi connectivity index (χ4v) is 3.73. The first-order chi connectivity index (χ1) is 13.5. The van der Waals surface area contributed by atoms with Crippen molar-refractivity contribution < 1.29 is 19.4 Å². The van der Waals surface area contributed by atoms with Gasteiger partial charge in [-0.15, -0.1) is 0 Å². The first kappa shape index (κ1) is 20.8. The highest BCUT2D eigenvalue weighted by Crippen LogP contribution is 2.28. The maximum absolute atomic E-state index is 12.9. The second kappa shape index (κ2) is 9.54. The van der Waals surface area contributed by atoms with Gasteiger partial charge in [0.05, 0.1) is 22.7 Å². The van der Waals surface area contributed by atoms with Crippen molar-refractivity contribution in [2.24, 2.45) is 0 Å². The number of hydrogen-bond acceptors (Lipinski definition) is 4. The number of likely N-dealkylation sites (N-methyl/N-ethyl adjacent to an activating group) is 1. The van der Waals surface area contributed by atoms with Crippen LogP contribution in [0.25, 0.3) is 0 Å². The van der Waals surface area contributed by atoms with E-state index in [0.717, 1.165) is 29.5 Å². The summed E-state index contributed by atoms with van der Waals surface area (Å²) >= 11 is 3.49. The third-order valence-corrected chi connectivity index (χ3v) is 5.78. The van der Waals surface area contributed by atoms with E-state index in [1.54, 1.807) is 30.1 Å². The lowest BCUT2D eigenvalue weighted by Crippen LogP contribution is -2.39. The molecule has 1 aliphatic rings. The van der Waals surface area contributed by atoms with Crippen LogP contribution < -0.4 is 4.74 Å². The summed E-state index contributed by atoms with van der Waals surface area (Å²) in [6.07, 6.45) is 1.47. The number of halogens is 1. The Morgan fingerprint density at radius 1 is 1.32 bits per heavy atom. The van der Waals surface area contributed by atoms with Gasteiger partial charge in [0.1, 0.15) is 12.4 Å². The maximum atomic E-state index is 12.9. The van der Waals surface area contributed by atoms with E-state index in [0.29, 0.717) is 17.9 Å². The van der Waals surface area contributed by atoms with Crippen LogP contribution in [-0.2, 0) is 4.74 Å². The van der Waals surface area contributed by atoms with Gasteiger partial charge in [0.15, 0.2) is 0 Å². The monoisotopic (exact) mass is 447 g/mol. The van der Waals surface area contributed by atoms with Crippen molar-refractivity contribution in [2.75, 3.05) is 20.3 Å². The molecule has 1 saturated heterocycles. The predicted molar refractivity (Wildman–Crippen MR) is 112 cm³/mol. The van der Waals surface area contributed by atoms with Gasteiger partial charge in [-0.2, -0.15) is 0 Å². The minimum Gasteiger partial charge on any atom is -0.490 e. The molecule has 1 heterocycles. The van der Waals surface area contributed by atoms with Crippen LogP contribution in [0.1, 0.15) is 41.8 Å². The van der Waals surface area contributed by atoms with Gasteiger partial charge in [0.25, 0.3) is 5.91 Å². The zero-order valence-electron chi connectivity index (χ0n) is 16.2. The Morgan fingerprint density at radius 3 is 2.71 bits per heavy atom. The summed E-state index contributed by atoms with van der Waals surface area (Å²) < 4.78 is 12.1. The average Bonchev–Trinajstić information content (AvgIpc) is 3.25. The van der Waals surface area contributed by atoms with Crippen molar-refractivity contribution in [3.05, 3.63) is 64.1 Å². The second-order valence-corrected chi connectivity index (χ2v) is 7.96. The van der Waals surface area contributed by atoms with Gasteiger partial charge in [0, 0.05) is 19.2 Å². The molecular weight excluding hydrogens is 422 g/mol. The molecule has 3 unspecified atom stereocenters. The molecule has 28 heavy (non-hydrogen) atoms. The molecule has 0 spiro atoms. The number of ether oxygens (including phenoxy) is 2. The van der Waals surface area contributed by atoms with Crippen LogP contribution in [0.3, 0.4) is 0 Å². The van der Waals surface area contributed by atoms with Crippen molar-refractivity contribution >= 4 is 21.8 Å². The minimum absolute atomic E-state index is 0.139. The van der Waals surface area contributed by atoms with Crippen molar-refractivity contribution in [1.82, 2.24) is 4.90 Å². The number of rotatable bonds is 7. The van der Waals surface area contributed by atoms with Gasteiger partial charge in [-0.3, -0.25) is 4.79 Å². The van der Waals surface area contributed by atoms with Gasteiger partial charge < -0.3 is 19.5 Å². The highest BCUT2D eigenvalue weighted by atomic mass is 79.9. The summed E-state index contributed by atoms with van der Waals surface area (Å²) in [6.45, 7) is 3.14. The molecule has 150 valence electrons. The Balaban J connectivity index is 1.64. The van der Waals surface area contributed by atoms with Crippen molar-refractivity contribution in [3.8, 4) is 5.75 Å². The van der Waals surface area contributed by atoms with Crippen LogP contribution in [0.4, 0.5) is 0 Å². The third kappa shape index (κ3) is 4.93. The van der Waals surface area contributed by atoms with Crippen molar-refractivity contribution in [2.45, 2.75) is 38.0 Å². The molecule has 2 aromatic carbocycles. The Bertz CT molecular complexity index is 792. The molecule has 5 nitrogen and oxygen atoms in total. The molecule has 0 aromatic heterocycles. The van der Waals surface area contributed by atoms with Crippen LogP contribution in [-0.4, -0.2) is 48.3 Å². The molecular formula is C22H26BrNO4. The highest BCUT2D eigenvalue weighted by molar-refractivity contribution is 9.10. The van der Waals surface area contributed by atoms with Crippen LogP contribution in [0.2, 0.25) is 0 Å². The quantitative estimate of drug-likeness (QED) is 0.690. The van der Waals surface area contributed by atoms with E-state index in [9.17, 15) is 9.90 Å². The summed E-state index contributed by atoms with van der Waals surface area (Å²) in [4.78, 5) is 14.4. The van der Waals surface area contributed by atoms with Crippen LogP contribution in [0.15, 0.2) is 53.0 Å². The molecule has 0 aliphatic carbocycles. The summed E-state index contributed by atoms with van der Waals surface area (Å²) in [5.74, 6) is 0.529. The fraction of sp³-hybridized carbons (Fsp3) is 0.409. The SMILES string of the molecule is CC(C(O)c1ccccc1)N(C)C(=O)c1ccc(OCC2CCCO2)c(Br)c1. The number of nitrogens with zero attached hydrogens (tertiary/aromatic N) is 1. The maximum Gasteiger partial charge on any atom is 0.253 e. The van der Waals surface area contributed by atoms with E-state index < -0.39 is 6.10 Å². The standard InChI is InChI=1S/C22H26BrNO4/c1-15(21(25)16-7-4-3-5-8-16)24(2)22(26)17-10-11-20(19(23)13-17)28-14-18-9-6-12-27-18/h3-5,7-8,10-11,13,15,18,21,25H,6,9,12,14H2,1-2H3. The van der Waals surface area contributed by atoms with Crippen molar-refractivity contribution in [1.29, 1.82) is 0 Å². The predicted octanol–water partition coefficient (Wildman–Crippen LogP) is 4.20. The van der Waals surface area contributed by atoms with E-state index in [2.05, 4.69) is 15.9 Å². The number of hydrogen-bond donors (Lipinski definition) is 1. The molecule has 1 amide bonds. The second-order valence-electron chi connectivity index (χ2n) is 7.10. The molecule has 1 fully saturated rings. The first-order valence-corrected chi connectivity index (χ1v) is 10.3. The number of aliphatic hydroxyl groups excluding tert-OH is 1. The van der Waals surface area contributed by atoms with Crippen LogP contribution >= 0.6 is 15.9 Å². The smallest absolute Gasteiger partial charge is 0.253 e. The zero-order chi connectivity index (χ0) is 20.1. The molecule has 3 rings (SSSR count). The van der Waals surface area contributed by atoms with Gasteiger partial charge in [-0.05, 0) is 59.5 Å². The Morgan fingerprint density at radius 2 is 2.07 bits per heavy atom. The molecule has 2 aromatic rings. The number of aliphatic hydroxyl groups is 1. The zero-order valence-corrected chi connectivity index (χ0v) is 17.8. The molecule has 6 heteroatoms. The largest absolute Gasteiger partial charge is 0.490 e. The topological polar surface area (TPSA) is 59.0 Å². The van der Waals surface area contributed by atoms with E-state index >= 15 is 0 Å². The Kier molecular flexibility index (Phi) is 7.10. The Hall–Kier alpha value is -1.89. The number of carbonyl (C=O) groups is 1. The molecule has 0 saturated carbocycles. The van der Waals surface area contributed by atoms with E-state index in [-0.39, 0.29) is 18.1 Å². The van der Waals surface area contributed by atoms with Gasteiger partial charge in [-0.1, -0.05) is 30.3 Å². The lowest BCUT2D eigenvalue weighted by Gasteiger charge is -2.29. The average molecular weight is 448 g/mol. The molecule has 1 N–H and O–H groups in total. The lowest BCUT2D eigenvalue weighted by molar-refractivity contribution is 0.0486. The fourth-order valence-electron chi connectivity index (χ4n) is 3.24. The lowest BCUT2D eigenvalue weighted by atomic mass is 10.0. The van der Waals surface area contributed by atoms with E-state index in [1.807, 2.05) is 37.3 Å². The third-order valence-electron chi connectivity index (χ3n) is 5.16. The highest BCUT2D eigenvalue weighted by Gasteiger charge is 2.25. The number of carbonyl (C=O) groups excluding carboxylic acids is 1. The van der Waals surface area contributed by atoms with Crippen molar-refractivity contribution in [3.63, 3.8) is 0 Å². The van der Waals surface area contributed by atoms with Gasteiger partial charge >= 0.3 is 0 Å². The minimum atomic E-state index is -0.757. The number of benzene rings is 2. The van der Waals surface area contributed by atoms with Crippen LogP contribution in [0, 0.1) is 0 Å². The molecule has 3 atom stereocenters. The first-order valence-electron chi connectivity index (χ1n) is 9.51. The summed E-state index contributed by atoms with van der Waals surface area (Å²) in [5.41, 5.74) is 1.32. The van der Waals surface area contributed by atoms with Gasteiger partial charge in [-0.25, -0.2) is 0 Å². The van der Waals surface area contributed by atoms with E-state index in [1.165, 1.54) is 0 Å². The van der Waals surface area contributed by atoms with Gasteiger partial charge in [0.2, 0.25) is 0 Å². The Labute approximate surface area is 174 Å². The molecule has 0 bridgehead atoms. The normalized spacial score (nSPS) is 18.5. The summed E-state index contributed by atoms with van der Waals surface area (Å²) in [7, 11) is 1.70. The van der Waals surface area contributed by atoms with E-state index in [4.69, 9.17) is 9.47 Å². The summed E-state index contributed by atoms with van der Waals surface area (Å²) in [6, 6.07) is 14.3. The summed E-state index contributed by atoms with van der Waals surface area (Å²) in [5, 5.41) is 10.6. The molecule has 1 aliphatic heterocycles. The van der Waals surface area contributed by atoms with Crippen LogP contribution in [0.5, 0.6) is 5.75 Å². The number of amides is 1. The molecule has 0 radical (unpaired) electrons.